The molecule has 0 aliphatic heterocycles. The molecule has 0 radical (unpaired) electrons. The molecule has 0 spiro atoms. The Morgan fingerprint density at radius 1 is 1.29 bits per heavy atom. The molecule has 4 N–H and O–H groups in total. The van der Waals surface area contributed by atoms with E-state index in [4.69, 9.17) is 25.0 Å². The molecule has 0 aliphatic carbocycles. The molecule has 0 bridgehead atoms. The van der Waals surface area contributed by atoms with Gasteiger partial charge in [-0.25, -0.2) is 9.97 Å². The van der Waals surface area contributed by atoms with Gasteiger partial charge < -0.3 is 29.6 Å². The zero-order chi connectivity index (χ0) is 20.1. The first kappa shape index (κ1) is 20.6. The Morgan fingerprint density at radius 2 is 2.07 bits per heavy atom. The second-order valence-electron chi connectivity index (χ2n) is 5.68. The Hall–Kier alpha value is -2.17. The van der Waals surface area contributed by atoms with Crippen LogP contribution < -0.4 is 10.5 Å². The van der Waals surface area contributed by atoms with Gasteiger partial charge in [0.2, 0.25) is 5.95 Å². The topological polar surface area (TPSA) is 146 Å². The van der Waals surface area contributed by atoms with Crippen LogP contribution in [0, 0.1) is 0 Å². The zero-order valence-corrected chi connectivity index (χ0v) is 16.8. The van der Waals surface area contributed by atoms with Gasteiger partial charge in [0.05, 0.1) is 24.4 Å². The lowest BCUT2D eigenvalue weighted by Crippen LogP contribution is -2.07. The number of aromatic nitrogens is 4. The third-order valence-corrected chi connectivity index (χ3v) is 5.09. The molecule has 0 fully saturated rings. The average Bonchev–Trinajstić information content (AvgIpc) is 3.03. The van der Waals surface area contributed by atoms with Crippen molar-refractivity contribution in [3.63, 3.8) is 0 Å². The van der Waals surface area contributed by atoms with E-state index >= 15 is 0 Å². The molecule has 2 heterocycles. The Balaban J connectivity index is 1.83. The van der Waals surface area contributed by atoms with Crippen LogP contribution in [-0.2, 0) is 15.8 Å². The highest BCUT2D eigenvalue weighted by molar-refractivity contribution is 7.99. The van der Waals surface area contributed by atoms with Gasteiger partial charge in [0, 0.05) is 6.54 Å². The van der Waals surface area contributed by atoms with E-state index in [2.05, 4.69) is 15.0 Å². The second-order valence-corrected chi connectivity index (χ2v) is 8.30. The number of hydrogen-bond acceptors (Lipinski definition) is 8. The van der Waals surface area contributed by atoms with Crippen molar-refractivity contribution in [3.8, 4) is 5.75 Å². The van der Waals surface area contributed by atoms with E-state index < -0.39 is 13.9 Å². The minimum Gasteiger partial charge on any atom is -0.493 e. The lowest BCUT2D eigenvalue weighted by atomic mass is 10.3. The summed E-state index contributed by atoms with van der Waals surface area (Å²) < 4.78 is 23.2. The lowest BCUT2D eigenvalue weighted by Gasteiger charge is -2.10. The van der Waals surface area contributed by atoms with Gasteiger partial charge in [0.15, 0.2) is 5.65 Å². The smallest absolute Gasteiger partial charge is 0.350 e. The van der Waals surface area contributed by atoms with Crippen LogP contribution in [0.4, 0.5) is 5.95 Å². The highest BCUT2D eigenvalue weighted by Crippen LogP contribution is 2.37. The fourth-order valence-corrected chi connectivity index (χ4v) is 3.76. The van der Waals surface area contributed by atoms with Crippen LogP contribution in [0.25, 0.3) is 11.2 Å². The van der Waals surface area contributed by atoms with Gasteiger partial charge in [0.1, 0.15) is 22.6 Å². The summed E-state index contributed by atoms with van der Waals surface area (Å²) in [4.78, 5) is 31.5. The van der Waals surface area contributed by atoms with Gasteiger partial charge in [-0.05, 0) is 19.1 Å². The van der Waals surface area contributed by atoms with Crippen molar-refractivity contribution in [2.24, 2.45) is 0 Å². The highest BCUT2D eigenvalue weighted by Gasteiger charge is 2.16. The van der Waals surface area contributed by atoms with Gasteiger partial charge in [-0.3, -0.25) is 4.57 Å². The molecule has 150 valence electrons. The van der Waals surface area contributed by atoms with Crippen LogP contribution >= 0.6 is 19.4 Å². The average molecular weight is 425 g/mol. The van der Waals surface area contributed by atoms with E-state index in [1.165, 1.54) is 11.8 Å². The van der Waals surface area contributed by atoms with E-state index in [0.717, 1.165) is 10.6 Å². The SMILES string of the molecule is CCOc1ccccc1Sc1nc(N)nc2c1ncn2CCOCP(=O)(O)O. The van der Waals surface area contributed by atoms with Crippen molar-refractivity contribution in [2.75, 3.05) is 25.3 Å². The number of anilines is 1. The normalized spacial score (nSPS) is 11.8. The predicted molar refractivity (Wildman–Crippen MR) is 104 cm³/mol. The van der Waals surface area contributed by atoms with Crippen LogP contribution in [0.1, 0.15) is 6.92 Å². The van der Waals surface area contributed by atoms with Gasteiger partial charge in [0.25, 0.3) is 0 Å². The summed E-state index contributed by atoms with van der Waals surface area (Å²) >= 11 is 1.38. The number of ether oxygens (including phenoxy) is 2. The van der Waals surface area contributed by atoms with Gasteiger partial charge in [-0.15, -0.1) is 0 Å². The number of imidazole rings is 1. The Bertz CT molecular complexity index is 1010. The van der Waals surface area contributed by atoms with E-state index in [0.29, 0.717) is 29.3 Å². The van der Waals surface area contributed by atoms with Crippen LogP contribution in [0.15, 0.2) is 40.5 Å². The van der Waals surface area contributed by atoms with Gasteiger partial charge in [-0.2, -0.15) is 4.98 Å². The number of nitrogens with two attached hydrogens (primary N) is 1. The lowest BCUT2D eigenvalue weighted by molar-refractivity contribution is 0.149. The minimum absolute atomic E-state index is 0.0934. The van der Waals surface area contributed by atoms with E-state index in [1.807, 2.05) is 31.2 Å². The standard InChI is InChI=1S/C16H20N5O5PS/c1-2-26-11-5-3-4-6-12(11)28-15-13-14(19-16(17)20-15)21(9-18-13)7-8-25-10-27(22,23)24/h3-6,9H,2,7-8,10H2,1H3,(H2,17,19,20)(H2,22,23,24). The van der Waals surface area contributed by atoms with Crippen molar-refractivity contribution in [2.45, 2.75) is 23.4 Å². The first-order chi connectivity index (χ1) is 13.4. The summed E-state index contributed by atoms with van der Waals surface area (Å²) in [5, 5.41) is 0.588. The first-order valence-electron chi connectivity index (χ1n) is 8.37. The monoisotopic (exact) mass is 425 g/mol. The zero-order valence-electron chi connectivity index (χ0n) is 15.1. The molecule has 0 amide bonds. The summed E-state index contributed by atoms with van der Waals surface area (Å²) in [6.45, 7) is 2.86. The molecule has 0 aliphatic rings. The second kappa shape index (κ2) is 8.89. The molecule has 12 heteroatoms. The summed E-state index contributed by atoms with van der Waals surface area (Å²) in [6.07, 6.45) is 0.935. The van der Waals surface area contributed by atoms with E-state index in [-0.39, 0.29) is 12.6 Å². The summed E-state index contributed by atoms with van der Waals surface area (Å²) in [6, 6.07) is 7.60. The third-order valence-electron chi connectivity index (χ3n) is 3.54. The number of rotatable bonds is 9. The Kier molecular flexibility index (Phi) is 6.53. The van der Waals surface area contributed by atoms with Crippen LogP contribution in [0.2, 0.25) is 0 Å². The maximum Gasteiger partial charge on any atom is 0.350 e. The molecule has 1 aromatic carbocycles. The number of para-hydroxylation sites is 1. The molecular formula is C16H20N5O5PS. The van der Waals surface area contributed by atoms with Crippen LogP contribution in [0.3, 0.4) is 0 Å². The fraction of sp³-hybridized carbons (Fsp3) is 0.312. The maximum atomic E-state index is 10.8. The molecular weight excluding hydrogens is 405 g/mol. The van der Waals surface area contributed by atoms with Gasteiger partial charge in [-0.1, -0.05) is 23.9 Å². The van der Waals surface area contributed by atoms with Crippen molar-refractivity contribution >= 4 is 36.5 Å². The summed E-state index contributed by atoms with van der Waals surface area (Å²) in [5.41, 5.74) is 6.96. The fourth-order valence-electron chi connectivity index (χ4n) is 2.43. The Labute approximate surface area is 165 Å². The maximum absolute atomic E-state index is 10.8. The molecule has 10 nitrogen and oxygen atoms in total. The van der Waals surface area contributed by atoms with Crippen LogP contribution in [-0.4, -0.2) is 48.9 Å². The van der Waals surface area contributed by atoms with Crippen molar-refractivity contribution in [1.29, 1.82) is 0 Å². The number of benzene rings is 1. The molecule has 3 rings (SSSR count). The highest BCUT2D eigenvalue weighted by atomic mass is 32.2. The van der Waals surface area contributed by atoms with E-state index in [9.17, 15) is 4.57 Å². The van der Waals surface area contributed by atoms with Crippen LogP contribution in [0.5, 0.6) is 5.75 Å². The van der Waals surface area contributed by atoms with Crippen molar-refractivity contribution < 1.29 is 23.8 Å². The molecule has 28 heavy (non-hydrogen) atoms. The van der Waals surface area contributed by atoms with E-state index in [1.54, 1.807) is 10.9 Å². The number of nitrogen functional groups attached to an aromatic ring is 1. The van der Waals surface area contributed by atoms with Gasteiger partial charge >= 0.3 is 7.60 Å². The first-order valence-corrected chi connectivity index (χ1v) is 11.0. The summed E-state index contributed by atoms with van der Waals surface area (Å²) in [5.74, 6) is 0.840. The number of fused-ring (bicyclic) bond motifs is 1. The summed E-state index contributed by atoms with van der Waals surface area (Å²) in [7, 11) is -4.19. The molecule has 0 saturated carbocycles. The largest absolute Gasteiger partial charge is 0.493 e. The quantitative estimate of drug-likeness (QED) is 0.265. The molecule has 2 aromatic heterocycles. The number of nitrogens with zero attached hydrogens (tertiary/aromatic N) is 4. The molecule has 0 saturated heterocycles. The molecule has 3 aromatic rings. The third kappa shape index (κ3) is 5.21. The van der Waals surface area contributed by atoms with Crippen molar-refractivity contribution in [3.05, 3.63) is 30.6 Å². The minimum atomic E-state index is -4.19. The predicted octanol–water partition coefficient (Wildman–Crippen LogP) is 2.11. The number of hydrogen-bond donors (Lipinski definition) is 3. The molecule has 0 atom stereocenters. The Morgan fingerprint density at radius 3 is 2.82 bits per heavy atom. The van der Waals surface area contributed by atoms with Crippen molar-refractivity contribution in [1.82, 2.24) is 19.5 Å². The molecule has 0 unspecified atom stereocenters.